The van der Waals surface area contributed by atoms with Gasteiger partial charge in [0, 0.05) is 11.4 Å². The molecule has 1 aromatic heterocycles. The first kappa shape index (κ1) is 15.6. The molecule has 0 spiro atoms. The standard InChI is InChI=1S/C19H18ClNO2/c1-13(22-17-10-8-15(12-20)9-11-17)18-14(2)23-19(21-18)16-6-4-3-5-7-16/h3-11,13H,12H2,1-2H3. The molecular formula is C19H18ClNO2. The van der Waals surface area contributed by atoms with Crippen molar-refractivity contribution in [2.75, 3.05) is 0 Å². The van der Waals surface area contributed by atoms with Crippen LogP contribution in [-0.2, 0) is 5.88 Å². The number of halogens is 1. The number of ether oxygens (including phenoxy) is 1. The average molecular weight is 328 g/mol. The van der Waals surface area contributed by atoms with Crippen molar-refractivity contribution in [3.8, 4) is 17.2 Å². The number of rotatable bonds is 5. The Morgan fingerprint density at radius 2 is 1.78 bits per heavy atom. The van der Waals surface area contributed by atoms with E-state index in [4.69, 9.17) is 20.8 Å². The average Bonchev–Trinajstić information content (AvgIpc) is 2.98. The topological polar surface area (TPSA) is 35.3 Å². The van der Waals surface area contributed by atoms with Gasteiger partial charge >= 0.3 is 0 Å². The van der Waals surface area contributed by atoms with Crippen LogP contribution in [0, 0.1) is 6.92 Å². The number of benzene rings is 2. The lowest BCUT2D eigenvalue weighted by atomic mass is 10.2. The Bertz CT molecular complexity index is 766. The van der Waals surface area contributed by atoms with Gasteiger partial charge in [0.05, 0.1) is 0 Å². The van der Waals surface area contributed by atoms with Crippen molar-refractivity contribution in [2.45, 2.75) is 25.8 Å². The van der Waals surface area contributed by atoms with Gasteiger partial charge in [-0.25, -0.2) is 4.98 Å². The SMILES string of the molecule is Cc1oc(-c2ccccc2)nc1C(C)Oc1ccc(CCl)cc1. The first-order valence-electron chi connectivity index (χ1n) is 7.51. The summed E-state index contributed by atoms with van der Waals surface area (Å²) in [6.07, 6.45) is -0.196. The Labute approximate surface area is 140 Å². The van der Waals surface area contributed by atoms with E-state index in [1.165, 1.54) is 0 Å². The van der Waals surface area contributed by atoms with Crippen molar-refractivity contribution in [3.05, 3.63) is 71.6 Å². The summed E-state index contributed by atoms with van der Waals surface area (Å²) in [5, 5.41) is 0. The number of hydrogen-bond donors (Lipinski definition) is 0. The first-order valence-corrected chi connectivity index (χ1v) is 8.05. The maximum Gasteiger partial charge on any atom is 0.226 e. The molecule has 4 heteroatoms. The second-order valence-corrected chi connectivity index (χ2v) is 5.63. The molecule has 23 heavy (non-hydrogen) atoms. The maximum absolute atomic E-state index is 5.96. The molecular weight excluding hydrogens is 310 g/mol. The van der Waals surface area contributed by atoms with Crippen molar-refractivity contribution in [3.63, 3.8) is 0 Å². The van der Waals surface area contributed by atoms with Crippen LogP contribution in [-0.4, -0.2) is 4.98 Å². The zero-order valence-electron chi connectivity index (χ0n) is 13.1. The number of oxazole rings is 1. The Hall–Kier alpha value is -2.26. The third-order valence-corrected chi connectivity index (χ3v) is 3.94. The van der Waals surface area contributed by atoms with Gasteiger partial charge in [-0.1, -0.05) is 30.3 Å². The van der Waals surface area contributed by atoms with Crippen LogP contribution in [0.25, 0.3) is 11.5 Å². The molecule has 3 aromatic rings. The van der Waals surface area contributed by atoms with Crippen molar-refractivity contribution < 1.29 is 9.15 Å². The van der Waals surface area contributed by atoms with E-state index in [1.807, 2.05) is 68.4 Å². The smallest absolute Gasteiger partial charge is 0.226 e. The molecule has 0 radical (unpaired) electrons. The molecule has 0 bridgehead atoms. The molecule has 3 rings (SSSR count). The summed E-state index contributed by atoms with van der Waals surface area (Å²) < 4.78 is 11.8. The fraction of sp³-hybridized carbons (Fsp3) is 0.211. The lowest BCUT2D eigenvalue weighted by Gasteiger charge is -2.13. The Kier molecular flexibility index (Phi) is 4.68. The molecule has 118 valence electrons. The first-order chi connectivity index (χ1) is 11.2. The molecule has 1 atom stereocenters. The number of hydrogen-bond acceptors (Lipinski definition) is 3. The van der Waals surface area contributed by atoms with Crippen LogP contribution in [0.3, 0.4) is 0 Å². The van der Waals surface area contributed by atoms with E-state index in [2.05, 4.69) is 4.98 Å². The van der Waals surface area contributed by atoms with Crippen molar-refractivity contribution in [1.82, 2.24) is 4.98 Å². The third kappa shape index (κ3) is 3.57. The molecule has 3 nitrogen and oxygen atoms in total. The predicted octanol–water partition coefficient (Wildman–Crippen LogP) is 5.53. The van der Waals surface area contributed by atoms with Gasteiger partial charge in [0.1, 0.15) is 23.3 Å². The molecule has 1 heterocycles. The highest BCUT2D eigenvalue weighted by Gasteiger charge is 2.18. The van der Waals surface area contributed by atoms with Gasteiger partial charge in [-0.3, -0.25) is 0 Å². The van der Waals surface area contributed by atoms with Gasteiger partial charge in [0.25, 0.3) is 0 Å². The molecule has 0 aliphatic rings. The summed E-state index contributed by atoms with van der Waals surface area (Å²) >= 11 is 5.80. The molecule has 1 unspecified atom stereocenters. The minimum Gasteiger partial charge on any atom is -0.484 e. The van der Waals surface area contributed by atoms with Gasteiger partial charge < -0.3 is 9.15 Å². The molecule has 0 aliphatic heterocycles. The van der Waals surface area contributed by atoms with Gasteiger partial charge in [-0.15, -0.1) is 11.6 Å². The zero-order chi connectivity index (χ0) is 16.2. The van der Waals surface area contributed by atoms with E-state index in [0.717, 1.165) is 28.3 Å². The van der Waals surface area contributed by atoms with Crippen LogP contribution < -0.4 is 4.74 Å². The molecule has 0 saturated carbocycles. The van der Waals surface area contributed by atoms with Crippen LogP contribution in [0.4, 0.5) is 0 Å². The molecule has 0 saturated heterocycles. The van der Waals surface area contributed by atoms with Gasteiger partial charge in [0.15, 0.2) is 0 Å². The molecule has 0 amide bonds. The van der Waals surface area contributed by atoms with E-state index in [-0.39, 0.29) is 6.10 Å². The fourth-order valence-electron chi connectivity index (χ4n) is 2.41. The van der Waals surface area contributed by atoms with E-state index < -0.39 is 0 Å². The molecule has 0 aliphatic carbocycles. The molecule has 2 aromatic carbocycles. The van der Waals surface area contributed by atoms with Crippen LogP contribution >= 0.6 is 11.6 Å². The summed E-state index contributed by atoms with van der Waals surface area (Å²) in [6, 6.07) is 17.6. The minimum atomic E-state index is -0.196. The van der Waals surface area contributed by atoms with Gasteiger partial charge in [0.2, 0.25) is 5.89 Å². The highest BCUT2D eigenvalue weighted by molar-refractivity contribution is 6.17. The van der Waals surface area contributed by atoms with Crippen molar-refractivity contribution in [1.29, 1.82) is 0 Å². The lowest BCUT2D eigenvalue weighted by molar-refractivity contribution is 0.220. The second kappa shape index (κ2) is 6.88. The number of aryl methyl sites for hydroxylation is 1. The van der Waals surface area contributed by atoms with Crippen molar-refractivity contribution in [2.24, 2.45) is 0 Å². The maximum atomic E-state index is 5.96. The second-order valence-electron chi connectivity index (χ2n) is 5.36. The van der Waals surface area contributed by atoms with Gasteiger partial charge in [-0.2, -0.15) is 0 Å². The largest absolute Gasteiger partial charge is 0.484 e. The third-order valence-electron chi connectivity index (χ3n) is 3.63. The highest BCUT2D eigenvalue weighted by atomic mass is 35.5. The Morgan fingerprint density at radius 1 is 1.09 bits per heavy atom. The highest BCUT2D eigenvalue weighted by Crippen LogP contribution is 2.28. The summed E-state index contributed by atoms with van der Waals surface area (Å²) in [4.78, 5) is 4.60. The van der Waals surface area contributed by atoms with Crippen molar-refractivity contribution >= 4 is 11.6 Å². The summed E-state index contributed by atoms with van der Waals surface area (Å²) in [6.45, 7) is 3.88. The molecule has 0 N–H and O–H groups in total. The number of nitrogens with zero attached hydrogens (tertiary/aromatic N) is 1. The quantitative estimate of drug-likeness (QED) is 0.578. The van der Waals surface area contributed by atoms with E-state index in [9.17, 15) is 0 Å². The van der Waals surface area contributed by atoms with E-state index in [0.29, 0.717) is 11.8 Å². The minimum absolute atomic E-state index is 0.196. The number of aromatic nitrogens is 1. The van der Waals surface area contributed by atoms with Crippen LogP contribution in [0.15, 0.2) is 59.0 Å². The van der Waals surface area contributed by atoms with Crippen LogP contribution in [0.1, 0.15) is 30.0 Å². The van der Waals surface area contributed by atoms with Crippen LogP contribution in [0.2, 0.25) is 0 Å². The predicted molar refractivity (Wildman–Crippen MR) is 91.7 cm³/mol. The van der Waals surface area contributed by atoms with Gasteiger partial charge in [-0.05, 0) is 43.7 Å². The lowest BCUT2D eigenvalue weighted by Crippen LogP contribution is -2.05. The number of alkyl halides is 1. The fourth-order valence-corrected chi connectivity index (χ4v) is 2.58. The Balaban J connectivity index is 1.79. The van der Waals surface area contributed by atoms with E-state index in [1.54, 1.807) is 0 Å². The van der Waals surface area contributed by atoms with E-state index >= 15 is 0 Å². The Morgan fingerprint density at radius 3 is 2.43 bits per heavy atom. The monoisotopic (exact) mass is 327 g/mol. The molecule has 0 fully saturated rings. The summed E-state index contributed by atoms with van der Waals surface area (Å²) in [7, 11) is 0. The normalized spacial score (nSPS) is 12.1. The van der Waals surface area contributed by atoms with Crippen LogP contribution in [0.5, 0.6) is 5.75 Å². The summed E-state index contributed by atoms with van der Waals surface area (Å²) in [5.74, 6) is 2.67. The zero-order valence-corrected chi connectivity index (χ0v) is 13.9. The summed E-state index contributed by atoms with van der Waals surface area (Å²) in [5.41, 5.74) is 2.83.